The van der Waals surface area contributed by atoms with E-state index in [2.05, 4.69) is 14.9 Å². The van der Waals surface area contributed by atoms with Crippen molar-refractivity contribution in [1.29, 1.82) is 0 Å². The van der Waals surface area contributed by atoms with Crippen LogP contribution in [0.2, 0.25) is 0 Å². The average Bonchev–Trinajstić information content (AvgIpc) is 3.12. The fourth-order valence-corrected chi connectivity index (χ4v) is 3.71. The number of nitrogens with zero attached hydrogens (tertiary/aromatic N) is 2. The molecule has 1 N–H and O–H groups in total. The molecule has 4 rings (SSSR count). The van der Waals surface area contributed by atoms with Crippen LogP contribution in [0.4, 0.5) is 0 Å². The molecule has 0 saturated carbocycles. The third-order valence-corrected chi connectivity index (χ3v) is 5.08. The smallest absolute Gasteiger partial charge is 0.285 e. The van der Waals surface area contributed by atoms with Gasteiger partial charge >= 0.3 is 0 Å². The Labute approximate surface area is 138 Å². The molecule has 0 amide bonds. The maximum absolute atomic E-state index is 12.0. The molecule has 0 spiro atoms. The van der Waals surface area contributed by atoms with Gasteiger partial charge in [0.15, 0.2) is 11.6 Å². The molecule has 0 bridgehead atoms. The number of furan rings is 1. The molecule has 0 saturated heterocycles. The van der Waals surface area contributed by atoms with E-state index in [-0.39, 0.29) is 10.7 Å². The summed E-state index contributed by atoms with van der Waals surface area (Å²) < 4.78 is 33.5. The lowest BCUT2D eigenvalue weighted by Crippen LogP contribution is -2.18. The number of amidine groups is 1. The summed E-state index contributed by atoms with van der Waals surface area (Å²) in [5, 5.41) is 5.19. The van der Waals surface area contributed by atoms with Crippen molar-refractivity contribution in [2.24, 2.45) is 9.50 Å². The Morgan fingerprint density at radius 2 is 1.88 bits per heavy atom. The van der Waals surface area contributed by atoms with Gasteiger partial charge in [0.1, 0.15) is 16.2 Å². The lowest BCUT2D eigenvalue weighted by atomic mass is 10.2. The molecule has 1 aromatic heterocycles. The Hall–Kier alpha value is -2.93. The van der Waals surface area contributed by atoms with Gasteiger partial charge in [0.25, 0.3) is 10.0 Å². The van der Waals surface area contributed by atoms with Gasteiger partial charge < -0.3 is 4.42 Å². The monoisotopic (exact) mass is 339 g/mol. The van der Waals surface area contributed by atoms with Crippen molar-refractivity contribution < 1.29 is 12.8 Å². The number of rotatable bonds is 2. The van der Waals surface area contributed by atoms with Crippen molar-refractivity contribution in [1.82, 2.24) is 5.43 Å². The maximum Gasteiger partial charge on any atom is 0.285 e. The first-order valence-corrected chi connectivity index (χ1v) is 8.72. The van der Waals surface area contributed by atoms with Gasteiger partial charge in [-0.1, -0.05) is 30.3 Å². The first-order valence-electron chi connectivity index (χ1n) is 7.28. The lowest BCUT2D eigenvalue weighted by molar-refractivity contribution is 0.599. The molecule has 2 heterocycles. The molecule has 1 aliphatic heterocycles. The number of hydrogen-bond donors (Lipinski definition) is 1. The third kappa shape index (κ3) is 2.39. The molecule has 24 heavy (non-hydrogen) atoms. The van der Waals surface area contributed by atoms with Crippen molar-refractivity contribution in [3.63, 3.8) is 0 Å². The van der Waals surface area contributed by atoms with Gasteiger partial charge in [0, 0.05) is 10.9 Å². The number of sulfonamides is 1. The number of hydrogen-bond acceptors (Lipinski definition) is 5. The summed E-state index contributed by atoms with van der Waals surface area (Å²) in [6, 6.07) is 16.2. The molecule has 1 aliphatic rings. The summed E-state index contributed by atoms with van der Waals surface area (Å²) in [4.78, 5) is 0.184. The quantitative estimate of drug-likeness (QED) is 0.575. The van der Waals surface area contributed by atoms with E-state index in [1.165, 1.54) is 6.07 Å². The van der Waals surface area contributed by atoms with Gasteiger partial charge in [-0.2, -0.15) is 13.5 Å². The first kappa shape index (κ1) is 14.6. The summed E-state index contributed by atoms with van der Waals surface area (Å²) in [7, 11) is -3.66. The first-order chi connectivity index (χ1) is 11.5. The fourth-order valence-electron chi connectivity index (χ4n) is 2.54. The third-order valence-electron chi connectivity index (χ3n) is 3.74. The van der Waals surface area contributed by atoms with Crippen LogP contribution in [-0.4, -0.2) is 20.0 Å². The molecular formula is C17H13N3O3S. The minimum atomic E-state index is -3.66. The summed E-state index contributed by atoms with van der Waals surface area (Å²) in [6.45, 7) is 1.78. The molecule has 2 aromatic carbocycles. The van der Waals surface area contributed by atoms with Gasteiger partial charge in [-0.05, 0) is 31.2 Å². The molecule has 0 radical (unpaired) electrons. The number of hydrazone groups is 1. The predicted octanol–water partition coefficient (Wildman–Crippen LogP) is 2.90. The van der Waals surface area contributed by atoms with E-state index in [9.17, 15) is 8.42 Å². The van der Waals surface area contributed by atoms with Crippen LogP contribution >= 0.6 is 0 Å². The molecule has 3 aromatic rings. The second-order valence-electron chi connectivity index (χ2n) is 5.37. The van der Waals surface area contributed by atoms with E-state index >= 15 is 0 Å². The highest BCUT2D eigenvalue weighted by Crippen LogP contribution is 2.25. The highest BCUT2D eigenvalue weighted by atomic mass is 32.2. The van der Waals surface area contributed by atoms with Crippen molar-refractivity contribution >= 4 is 32.5 Å². The van der Waals surface area contributed by atoms with Crippen LogP contribution in [0.3, 0.4) is 0 Å². The minimum absolute atomic E-state index is 0.184. The molecule has 6 nitrogen and oxygen atoms in total. The molecule has 0 unspecified atom stereocenters. The van der Waals surface area contributed by atoms with E-state index in [1.54, 1.807) is 25.1 Å². The second-order valence-corrected chi connectivity index (χ2v) is 6.94. The number of fused-ring (bicyclic) bond motifs is 2. The fraction of sp³-hybridized carbons (Fsp3) is 0.0588. The van der Waals surface area contributed by atoms with Crippen molar-refractivity contribution in [2.75, 3.05) is 0 Å². The summed E-state index contributed by atoms with van der Waals surface area (Å²) in [5.74, 6) is 0.819. The minimum Gasteiger partial charge on any atom is -0.455 e. The van der Waals surface area contributed by atoms with Crippen molar-refractivity contribution in [2.45, 2.75) is 11.8 Å². The molecule has 120 valence electrons. The van der Waals surface area contributed by atoms with Gasteiger partial charge in [-0.3, -0.25) is 5.43 Å². The van der Waals surface area contributed by atoms with Crippen LogP contribution in [0, 0.1) is 0 Å². The van der Waals surface area contributed by atoms with Crippen LogP contribution < -0.4 is 5.43 Å². The zero-order valence-corrected chi connectivity index (χ0v) is 13.5. The number of nitrogens with one attached hydrogen (secondary N) is 1. The van der Waals surface area contributed by atoms with Gasteiger partial charge in [0.2, 0.25) is 0 Å². The Bertz CT molecular complexity index is 1080. The lowest BCUT2D eigenvalue weighted by Gasteiger charge is -2.01. The summed E-state index contributed by atoms with van der Waals surface area (Å²) >= 11 is 0. The Morgan fingerprint density at radius 1 is 1.12 bits per heavy atom. The van der Waals surface area contributed by atoms with Gasteiger partial charge in [-0.25, -0.2) is 0 Å². The molecular weight excluding hydrogens is 326 g/mol. The van der Waals surface area contributed by atoms with E-state index in [0.29, 0.717) is 17.0 Å². The predicted molar refractivity (Wildman–Crippen MR) is 91.7 cm³/mol. The number of benzene rings is 2. The van der Waals surface area contributed by atoms with Crippen LogP contribution in [0.25, 0.3) is 11.0 Å². The van der Waals surface area contributed by atoms with E-state index < -0.39 is 10.0 Å². The highest BCUT2D eigenvalue weighted by molar-refractivity contribution is 7.90. The Kier molecular flexibility index (Phi) is 3.24. The highest BCUT2D eigenvalue weighted by Gasteiger charge is 2.28. The van der Waals surface area contributed by atoms with Crippen molar-refractivity contribution in [3.05, 3.63) is 65.9 Å². The summed E-state index contributed by atoms with van der Waals surface area (Å²) in [5.41, 5.74) is 4.61. The van der Waals surface area contributed by atoms with Crippen LogP contribution in [-0.2, 0) is 10.0 Å². The maximum atomic E-state index is 12.0. The standard InChI is InChI=1S/C17H13N3O3S/c1-11(15-10-12-6-2-4-8-14(12)23-15)18-19-17-13-7-3-5-9-16(13)24(21,22)20-17/h2-10H,1H3,(H,19,20). The topological polar surface area (TPSA) is 84.0 Å². The zero-order valence-electron chi connectivity index (χ0n) is 12.7. The Morgan fingerprint density at radius 3 is 2.71 bits per heavy atom. The van der Waals surface area contributed by atoms with Crippen LogP contribution in [0.5, 0.6) is 0 Å². The number of para-hydroxylation sites is 1. The average molecular weight is 339 g/mol. The van der Waals surface area contributed by atoms with E-state index in [4.69, 9.17) is 4.42 Å². The largest absolute Gasteiger partial charge is 0.455 e. The second kappa shape index (κ2) is 5.31. The van der Waals surface area contributed by atoms with Crippen LogP contribution in [0.15, 0.2) is 73.4 Å². The zero-order chi connectivity index (χ0) is 16.7. The SMILES string of the molecule is CC(=NNC1=NS(=O)(=O)c2ccccc21)c1cc2ccccc2o1. The summed E-state index contributed by atoms with van der Waals surface area (Å²) in [6.07, 6.45) is 0. The Balaban J connectivity index is 1.65. The van der Waals surface area contributed by atoms with E-state index in [1.807, 2.05) is 30.3 Å². The molecule has 0 fully saturated rings. The molecule has 0 aliphatic carbocycles. The van der Waals surface area contributed by atoms with Crippen LogP contribution in [0.1, 0.15) is 18.2 Å². The normalized spacial score (nSPS) is 16.0. The van der Waals surface area contributed by atoms with Gasteiger partial charge in [-0.15, -0.1) is 4.40 Å². The van der Waals surface area contributed by atoms with Gasteiger partial charge in [0.05, 0.1) is 0 Å². The van der Waals surface area contributed by atoms with E-state index in [0.717, 1.165) is 11.0 Å². The van der Waals surface area contributed by atoms with Crippen molar-refractivity contribution in [3.8, 4) is 0 Å². The molecule has 0 atom stereocenters. The molecule has 7 heteroatoms.